The molecular formula is C11H20O. The molecule has 0 unspecified atom stereocenters. The SMILES string of the molecule is CCC(C)=CC(C)(C)CC(C)=O. The molecule has 0 fully saturated rings. The molecular weight excluding hydrogens is 148 g/mol. The fourth-order valence-corrected chi connectivity index (χ4v) is 1.46. The Kier molecular flexibility index (Phi) is 4.22. The third kappa shape index (κ3) is 5.11. The molecule has 0 atom stereocenters. The Morgan fingerprint density at radius 3 is 2.17 bits per heavy atom. The first-order valence-corrected chi connectivity index (χ1v) is 4.55. The van der Waals surface area contributed by atoms with E-state index in [9.17, 15) is 4.79 Å². The number of ketones is 1. The summed E-state index contributed by atoms with van der Waals surface area (Å²) in [5, 5.41) is 0. The highest BCUT2D eigenvalue weighted by Gasteiger charge is 2.16. The smallest absolute Gasteiger partial charge is 0.130 e. The summed E-state index contributed by atoms with van der Waals surface area (Å²) < 4.78 is 0. The highest BCUT2D eigenvalue weighted by Crippen LogP contribution is 2.24. The van der Waals surface area contributed by atoms with Crippen LogP contribution in [0.1, 0.15) is 47.5 Å². The normalized spacial score (nSPS) is 13.2. The van der Waals surface area contributed by atoms with Gasteiger partial charge in [-0.25, -0.2) is 0 Å². The van der Waals surface area contributed by atoms with Crippen LogP contribution in [-0.4, -0.2) is 5.78 Å². The zero-order valence-electron chi connectivity index (χ0n) is 8.90. The molecule has 0 saturated heterocycles. The lowest BCUT2D eigenvalue weighted by atomic mass is 9.85. The van der Waals surface area contributed by atoms with E-state index >= 15 is 0 Å². The Morgan fingerprint density at radius 2 is 1.83 bits per heavy atom. The molecule has 0 aromatic heterocycles. The van der Waals surface area contributed by atoms with Crippen molar-refractivity contribution >= 4 is 5.78 Å². The summed E-state index contributed by atoms with van der Waals surface area (Å²) in [5.41, 5.74) is 1.40. The van der Waals surface area contributed by atoms with Gasteiger partial charge in [-0.2, -0.15) is 0 Å². The van der Waals surface area contributed by atoms with Crippen LogP contribution in [0.3, 0.4) is 0 Å². The summed E-state index contributed by atoms with van der Waals surface area (Å²) in [5.74, 6) is 0.264. The van der Waals surface area contributed by atoms with E-state index in [1.54, 1.807) is 6.92 Å². The minimum atomic E-state index is 0.0337. The lowest BCUT2D eigenvalue weighted by Crippen LogP contribution is -2.12. The fourth-order valence-electron chi connectivity index (χ4n) is 1.46. The van der Waals surface area contributed by atoms with Crippen molar-refractivity contribution in [3.63, 3.8) is 0 Å². The zero-order valence-corrected chi connectivity index (χ0v) is 8.90. The molecule has 1 nitrogen and oxygen atoms in total. The van der Waals surface area contributed by atoms with Gasteiger partial charge in [-0.05, 0) is 25.7 Å². The molecule has 0 aliphatic heterocycles. The van der Waals surface area contributed by atoms with Gasteiger partial charge >= 0.3 is 0 Å². The molecule has 0 radical (unpaired) electrons. The number of rotatable bonds is 4. The first-order chi connectivity index (χ1) is 5.37. The second-order valence-electron chi connectivity index (χ2n) is 4.21. The Balaban J connectivity index is 4.30. The molecule has 0 saturated carbocycles. The molecule has 0 aliphatic carbocycles. The largest absolute Gasteiger partial charge is 0.300 e. The Morgan fingerprint density at radius 1 is 1.33 bits per heavy atom. The Labute approximate surface area is 75.9 Å². The van der Waals surface area contributed by atoms with Gasteiger partial charge in [0.2, 0.25) is 0 Å². The summed E-state index contributed by atoms with van der Waals surface area (Å²) >= 11 is 0. The zero-order chi connectivity index (χ0) is 9.78. The van der Waals surface area contributed by atoms with Gasteiger partial charge in [-0.1, -0.05) is 32.4 Å². The molecule has 0 N–H and O–H groups in total. The third-order valence-corrected chi connectivity index (χ3v) is 1.90. The van der Waals surface area contributed by atoms with Crippen molar-refractivity contribution in [1.29, 1.82) is 0 Å². The lowest BCUT2D eigenvalue weighted by Gasteiger charge is -2.19. The summed E-state index contributed by atoms with van der Waals surface area (Å²) in [6, 6.07) is 0. The van der Waals surface area contributed by atoms with Crippen molar-refractivity contribution < 1.29 is 4.79 Å². The number of carbonyl (C=O) groups is 1. The van der Waals surface area contributed by atoms with Crippen molar-refractivity contribution in [2.45, 2.75) is 47.5 Å². The number of hydrogen-bond acceptors (Lipinski definition) is 1. The second kappa shape index (κ2) is 4.44. The first-order valence-electron chi connectivity index (χ1n) is 4.55. The first kappa shape index (κ1) is 11.4. The van der Waals surface area contributed by atoms with E-state index in [4.69, 9.17) is 0 Å². The molecule has 0 aromatic rings. The van der Waals surface area contributed by atoms with Crippen LogP contribution in [0, 0.1) is 5.41 Å². The van der Waals surface area contributed by atoms with Crippen LogP contribution in [0.25, 0.3) is 0 Å². The average Bonchev–Trinajstić information content (AvgIpc) is 1.83. The maximum atomic E-state index is 10.9. The van der Waals surface area contributed by atoms with Crippen LogP contribution in [0.15, 0.2) is 11.6 Å². The minimum absolute atomic E-state index is 0.0337. The molecule has 12 heavy (non-hydrogen) atoms. The molecule has 0 amide bonds. The number of hydrogen-bond donors (Lipinski definition) is 0. The highest BCUT2D eigenvalue weighted by molar-refractivity contribution is 5.76. The molecule has 0 aromatic carbocycles. The van der Waals surface area contributed by atoms with Crippen LogP contribution in [0.2, 0.25) is 0 Å². The molecule has 0 bridgehead atoms. The summed E-state index contributed by atoms with van der Waals surface area (Å²) in [6.07, 6.45) is 3.92. The topological polar surface area (TPSA) is 17.1 Å². The summed E-state index contributed by atoms with van der Waals surface area (Å²) in [4.78, 5) is 10.9. The van der Waals surface area contributed by atoms with Crippen LogP contribution in [0.4, 0.5) is 0 Å². The van der Waals surface area contributed by atoms with Gasteiger partial charge in [-0.15, -0.1) is 0 Å². The van der Waals surface area contributed by atoms with Crippen molar-refractivity contribution in [2.24, 2.45) is 5.41 Å². The van der Waals surface area contributed by atoms with E-state index in [2.05, 4.69) is 33.8 Å². The van der Waals surface area contributed by atoms with Gasteiger partial charge in [-0.3, -0.25) is 4.79 Å². The van der Waals surface area contributed by atoms with E-state index in [1.165, 1.54) is 5.57 Å². The standard InChI is InChI=1S/C11H20O/c1-6-9(2)7-11(4,5)8-10(3)12/h7H,6,8H2,1-5H3. The summed E-state index contributed by atoms with van der Waals surface area (Å²) in [6.45, 7) is 10.1. The maximum Gasteiger partial charge on any atom is 0.130 e. The van der Waals surface area contributed by atoms with Crippen LogP contribution in [0.5, 0.6) is 0 Å². The van der Waals surface area contributed by atoms with Crippen molar-refractivity contribution in [3.05, 3.63) is 11.6 Å². The van der Waals surface area contributed by atoms with Crippen LogP contribution >= 0.6 is 0 Å². The van der Waals surface area contributed by atoms with E-state index < -0.39 is 0 Å². The quantitative estimate of drug-likeness (QED) is 0.588. The maximum absolute atomic E-state index is 10.9. The van der Waals surface area contributed by atoms with E-state index in [-0.39, 0.29) is 11.2 Å². The van der Waals surface area contributed by atoms with Crippen LogP contribution < -0.4 is 0 Å². The van der Waals surface area contributed by atoms with E-state index in [0.29, 0.717) is 6.42 Å². The average molecular weight is 168 g/mol. The van der Waals surface area contributed by atoms with Crippen LogP contribution in [-0.2, 0) is 4.79 Å². The van der Waals surface area contributed by atoms with Gasteiger partial charge in [0.05, 0.1) is 0 Å². The lowest BCUT2D eigenvalue weighted by molar-refractivity contribution is -0.118. The minimum Gasteiger partial charge on any atom is -0.300 e. The highest BCUT2D eigenvalue weighted by atomic mass is 16.1. The monoisotopic (exact) mass is 168 g/mol. The molecule has 0 rings (SSSR count). The summed E-state index contributed by atoms with van der Waals surface area (Å²) in [7, 11) is 0. The van der Waals surface area contributed by atoms with Gasteiger partial charge in [0, 0.05) is 6.42 Å². The van der Waals surface area contributed by atoms with Crippen molar-refractivity contribution in [2.75, 3.05) is 0 Å². The predicted molar refractivity (Wildman–Crippen MR) is 53.1 cm³/mol. The third-order valence-electron chi connectivity index (χ3n) is 1.90. The molecule has 0 spiro atoms. The predicted octanol–water partition coefficient (Wildman–Crippen LogP) is 3.35. The van der Waals surface area contributed by atoms with E-state index in [0.717, 1.165) is 6.42 Å². The molecule has 70 valence electrons. The van der Waals surface area contributed by atoms with E-state index in [1.807, 2.05) is 0 Å². The van der Waals surface area contributed by atoms with Gasteiger partial charge in [0.25, 0.3) is 0 Å². The number of carbonyl (C=O) groups excluding carboxylic acids is 1. The van der Waals surface area contributed by atoms with Gasteiger partial charge in [0.1, 0.15) is 5.78 Å². The number of Topliss-reactive ketones (excluding diaryl/α,β-unsaturated/α-hetero) is 1. The number of allylic oxidation sites excluding steroid dienone is 2. The molecule has 1 heteroatoms. The Hall–Kier alpha value is -0.590. The fraction of sp³-hybridized carbons (Fsp3) is 0.727. The van der Waals surface area contributed by atoms with Gasteiger partial charge < -0.3 is 0 Å². The van der Waals surface area contributed by atoms with Crippen molar-refractivity contribution in [3.8, 4) is 0 Å². The molecule has 0 heterocycles. The molecule has 0 aliphatic rings. The van der Waals surface area contributed by atoms with Crippen molar-refractivity contribution in [1.82, 2.24) is 0 Å². The van der Waals surface area contributed by atoms with Gasteiger partial charge in [0.15, 0.2) is 0 Å². The Bertz CT molecular complexity index is 187. The second-order valence-corrected chi connectivity index (χ2v) is 4.21.